The molecule has 0 N–H and O–H groups in total. The zero-order valence-corrected chi connectivity index (χ0v) is 19.3. The molecule has 0 aromatic heterocycles. The van der Waals surface area contributed by atoms with Gasteiger partial charge in [-0.15, -0.1) is 0 Å². The molecule has 2 aromatic carbocycles. The van der Waals surface area contributed by atoms with Gasteiger partial charge >= 0.3 is 0 Å². The van der Waals surface area contributed by atoms with Crippen LogP contribution in [-0.2, 0) is 14.3 Å². The predicted octanol–water partition coefficient (Wildman–Crippen LogP) is 2.88. The summed E-state index contributed by atoms with van der Waals surface area (Å²) in [5.74, 6) is 0.678. The SMILES string of the molecule is CC(=O)c1ccc(OCC2CN(C(=O)CN3C(=O)COc4ccc(Cl)cc43)CCO2)cc1C. The Bertz CT molecular complexity index is 1090. The van der Waals surface area contributed by atoms with Gasteiger partial charge in [0.2, 0.25) is 5.91 Å². The van der Waals surface area contributed by atoms with Crippen molar-refractivity contribution in [2.75, 3.05) is 44.4 Å². The molecule has 1 atom stereocenters. The summed E-state index contributed by atoms with van der Waals surface area (Å²) >= 11 is 6.08. The monoisotopic (exact) mass is 472 g/mol. The molecule has 0 aliphatic carbocycles. The fourth-order valence-electron chi connectivity index (χ4n) is 3.94. The molecule has 2 amide bonds. The molecule has 1 fully saturated rings. The third-order valence-corrected chi connectivity index (χ3v) is 5.90. The maximum Gasteiger partial charge on any atom is 0.265 e. The Morgan fingerprint density at radius 2 is 2.03 bits per heavy atom. The predicted molar refractivity (Wildman–Crippen MR) is 122 cm³/mol. The third-order valence-electron chi connectivity index (χ3n) is 5.66. The van der Waals surface area contributed by atoms with Gasteiger partial charge in [0.15, 0.2) is 12.4 Å². The van der Waals surface area contributed by atoms with Crippen LogP contribution in [0.25, 0.3) is 0 Å². The lowest BCUT2D eigenvalue weighted by Crippen LogP contribution is -2.52. The number of Topliss-reactive ketones (excluding diaryl/α,β-unsaturated/α-hetero) is 1. The summed E-state index contributed by atoms with van der Waals surface area (Å²) in [6.07, 6.45) is -0.308. The fourth-order valence-corrected chi connectivity index (χ4v) is 4.11. The van der Waals surface area contributed by atoms with E-state index in [1.807, 2.05) is 13.0 Å². The fraction of sp³-hybridized carbons (Fsp3) is 0.375. The first-order valence-electron chi connectivity index (χ1n) is 10.7. The Morgan fingerprint density at radius 3 is 2.79 bits per heavy atom. The van der Waals surface area contributed by atoms with Crippen molar-refractivity contribution in [3.05, 3.63) is 52.5 Å². The average molecular weight is 473 g/mol. The van der Waals surface area contributed by atoms with Crippen molar-refractivity contribution in [2.24, 2.45) is 0 Å². The topological polar surface area (TPSA) is 85.4 Å². The second-order valence-corrected chi connectivity index (χ2v) is 8.49. The standard InChI is InChI=1S/C24H25ClN2O6/c1-15-9-18(4-5-20(15)16(2)28)32-13-19-11-26(7-8-31-19)23(29)12-27-21-10-17(25)3-6-22(21)33-14-24(27)30/h3-6,9-10,19H,7-8,11-14H2,1-2H3. The zero-order chi connectivity index (χ0) is 23.5. The number of benzene rings is 2. The van der Waals surface area contributed by atoms with E-state index in [9.17, 15) is 14.4 Å². The Morgan fingerprint density at radius 1 is 1.21 bits per heavy atom. The number of anilines is 1. The quantitative estimate of drug-likeness (QED) is 0.601. The number of morpholine rings is 1. The van der Waals surface area contributed by atoms with E-state index in [2.05, 4.69) is 0 Å². The third kappa shape index (κ3) is 5.29. The van der Waals surface area contributed by atoms with Gasteiger partial charge in [-0.3, -0.25) is 19.3 Å². The molecule has 2 aliphatic rings. The van der Waals surface area contributed by atoms with Crippen LogP contribution in [0.5, 0.6) is 11.5 Å². The van der Waals surface area contributed by atoms with E-state index < -0.39 is 0 Å². The van der Waals surface area contributed by atoms with Crippen LogP contribution in [0.4, 0.5) is 5.69 Å². The summed E-state index contributed by atoms with van der Waals surface area (Å²) < 4.78 is 17.0. The number of carbonyl (C=O) groups excluding carboxylic acids is 3. The molecule has 9 heteroatoms. The lowest BCUT2D eigenvalue weighted by molar-refractivity contribution is -0.139. The summed E-state index contributed by atoms with van der Waals surface area (Å²) in [6, 6.07) is 10.3. The molecule has 1 unspecified atom stereocenters. The van der Waals surface area contributed by atoms with Crippen molar-refractivity contribution in [2.45, 2.75) is 20.0 Å². The van der Waals surface area contributed by atoms with E-state index in [1.165, 1.54) is 11.8 Å². The molecule has 1 saturated heterocycles. The molecule has 0 radical (unpaired) electrons. The molecule has 174 valence electrons. The second kappa shape index (κ2) is 9.80. The van der Waals surface area contributed by atoms with E-state index in [0.717, 1.165) is 5.56 Å². The van der Waals surface area contributed by atoms with Crippen molar-refractivity contribution >= 4 is 34.9 Å². The first-order valence-corrected chi connectivity index (χ1v) is 11.1. The van der Waals surface area contributed by atoms with Gasteiger partial charge in [-0.1, -0.05) is 11.6 Å². The molecule has 0 spiro atoms. The summed E-state index contributed by atoms with van der Waals surface area (Å²) in [4.78, 5) is 40.1. The number of halogens is 1. The maximum absolute atomic E-state index is 13.0. The van der Waals surface area contributed by atoms with Crippen molar-refractivity contribution in [1.29, 1.82) is 0 Å². The van der Waals surface area contributed by atoms with Crippen molar-refractivity contribution < 1.29 is 28.6 Å². The van der Waals surface area contributed by atoms with E-state index in [1.54, 1.807) is 35.2 Å². The molecule has 8 nitrogen and oxygen atoms in total. The smallest absolute Gasteiger partial charge is 0.265 e. The average Bonchev–Trinajstić information content (AvgIpc) is 2.79. The molecule has 2 heterocycles. The number of amides is 2. The number of hydrogen-bond acceptors (Lipinski definition) is 6. The van der Waals surface area contributed by atoms with Crippen LogP contribution in [0.15, 0.2) is 36.4 Å². The molecule has 0 bridgehead atoms. The van der Waals surface area contributed by atoms with Gasteiger partial charge in [0, 0.05) is 17.1 Å². The zero-order valence-electron chi connectivity index (χ0n) is 18.5. The lowest BCUT2D eigenvalue weighted by atomic mass is 10.1. The number of hydrogen-bond donors (Lipinski definition) is 0. The second-order valence-electron chi connectivity index (χ2n) is 8.06. The lowest BCUT2D eigenvalue weighted by Gasteiger charge is -2.35. The van der Waals surface area contributed by atoms with E-state index in [-0.39, 0.29) is 43.5 Å². The minimum atomic E-state index is -0.308. The molecular weight excluding hydrogens is 448 g/mol. The number of nitrogens with zero attached hydrogens (tertiary/aromatic N) is 2. The summed E-state index contributed by atoms with van der Waals surface area (Å²) in [5, 5.41) is 0.458. The van der Waals surface area contributed by atoms with E-state index in [0.29, 0.717) is 47.5 Å². The van der Waals surface area contributed by atoms with Gasteiger partial charge in [-0.2, -0.15) is 0 Å². The first-order chi connectivity index (χ1) is 15.8. The highest BCUT2D eigenvalue weighted by Gasteiger charge is 2.31. The van der Waals surface area contributed by atoms with Gasteiger partial charge in [0.1, 0.15) is 30.8 Å². The van der Waals surface area contributed by atoms with Gasteiger partial charge in [0.25, 0.3) is 5.91 Å². The largest absolute Gasteiger partial charge is 0.491 e. The van der Waals surface area contributed by atoms with Crippen LogP contribution in [-0.4, -0.2) is 68.1 Å². The molecule has 2 aliphatic heterocycles. The number of aryl methyl sites for hydroxylation is 1. The van der Waals surface area contributed by atoms with Gasteiger partial charge in [0.05, 0.1) is 18.8 Å². The van der Waals surface area contributed by atoms with E-state index in [4.69, 9.17) is 25.8 Å². The minimum Gasteiger partial charge on any atom is -0.491 e. The number of ether oxygens (including phenoxy) is 3. The van der Waals surface area contributed by atoms with Gasteiger partial charge in [-0.05, 0) is 55.8 Å². The van der Waals surface area contributed by atoms with Crippen LogP contribution in [0, 0.1) is 6.92 Å². The molecule has 4 rings (SSSR count). The molecule has 33 heavy (non-hydrogen) atoms. The van der Waals surface area contributed by atoms with Crippen molar-refractivity contribution in [3.63, 3.8) is 0 Å². The maximum atomic E-state index is 13.0. The van der Waals surface area contributed by atoms with Crippen LogP contribution < -0.4 is 14.4 Å². The Labute approximate surface area is 197 Å². The van der Waals surface area contributed by atoms with Crippen LogP contribution in [0.3, 0.4) is 0 Å². The summed E-state index contributed by atoms with van der Waals surface area (Å²) in [5.41, 5.74) is 2.00. The highest BCUT2D eigenvalue weighted by Crippen LogP contribution is 2.34. The van der Waals surface area contributed by atoms with Crippen molar-refractivity contribution in [3.8, 4) is 11.5 Å². The first kappa shape index (κ1) is 23.1. The number of ketones is 1. The number of rotatable bonds is 6. The Balaban J connectivity index is 1.36. The normalized spacial score (nSPS) is 17.9. The van der Waals surface area contributed by atoms with Gasteiger partial charge < -0.3 is 19.1 Å². The van der Waals surface area contributed by atoms with E-state index >= 15 is 0 Å². The highest BCUT2D eigenvalue weighted by atomic mass is 35.5. The minimum absolute atomic E-state index is 0.00691. The Hall–Kier alpha value is -3.10. The summed E-state index contributed by atoms with van der Waals surface area (Å²) in [7, 11) is 0. The molecular formula is C24H25ClN2O6. The van der Waals surface area contributed by atoms with Crippen LogP contribution >= 0.6 is 11.6 Å². The Kier molecular flexibility index (Phi) is 6.85. The van der Waals surface area contributed by atoms with Crippen LogP contribution in [0.2, 0.25) is 5.02 Å². The molecule has 0 saturated carbocycles. The molecule has 2 aromatic rings. The van der Waals surface area contributed by atoms with Crippen LogP contribution in [0.1, 0.15) is 22.8 Å². The van der Waals surface area contributed by atoms with Crippen molar-refractivity contribution in [1.82, 2.24) is 4.90 Å². The van der Waals surface area contributed by atoms with Gasteiger partial charge in [-0.25, -0.2) is 0 Å². The summed E-state index contributed by atoms with van der Waals surface area (Å²) in [6.45, 7) is 4.59. The number of fused-ring (bicyclic) bond motifs is 1. The highest BCUT2D eigenvalue weighted by molar-refractivity contribution is 6.31. The number of carbonyl (C=O) groups is 3.